The Labute approximate surface area is 136 Å². The minimum Gasteiger partial charge on any atom is -0.479 e. The van der Waals surface area contributed by atoms with Crippen LogP contribution < -0.4 is 10.5 Å². The first-order valence-corrected chi connectivity index (χ1v) is 6.90. The van der Waals surface area contributed by atoms with Crippen molar-refractivity contribution in [2.75, 3.05) is 0 Å². The summed E-state index contributed by atoms with van der Waals surface area (Å²) in [6.07, 6.45) is -9.32. The number of benzene rings is 1. The number of aliphatic carboxylic acids is 1. The van der Waals surface area contributed by atoms with Gasteiger partial charge in [-0.25, -0.2) is 9.59 Å². The Morgan fingerprint density at radius 2 is 1.71 bits per heavy atom. The summed E-state index contributed by atoms with van der Waals surface area (Å²) < 4.78 is 14.9. The Kier molecular flexibility index (Phi) is 5.57. The molecule has 0 bridgehead atoms. The Balaban J connectivity index is 2.03. The molecule has 5 atom stereocenters. The maximum absolute atomic E-state index is 11.0. The number of carbonyl (C=O) groups excluding carboxylic acids is 1. The molecular formula is C14H17NO9. The van der Waals surface area contributed by atoms with E-state index in [-0.39, 0.29) is 12.4 Å². The average molecular weight is 343 g/mol. The van der Waals surface area contributed by atoms with Crippen LogP contribution in [0.25, 0.3) is 0 Å². The van der Waals surface area contributed by atoms with E-state index in [2.05, 4.69) is 4.74 Å². The van der Waals surface area contributed by atoms with Gasteiger partial charge < -0.3 is 40.4 Å². The molecule has 1 amide bonds. The van der Waals surface area contributed by atoms with Gasteiger partial charge in [-0.15, -0.1) is 0 Å². The number of carbonyl (C=O) groups is 2. The summed E-state index contributed by atoms with van der Waals surface area (Å²) in [5.74, 6) is -1.30. The van der Waals surface area contributed by atoms with Gasteiger partial charge in [0.05, 0.1) is 0 Å². The second kappa shape index (κ2) is 7.45. The lowest BCUT2D eigenvalue weighted by Gasteiger charge is -2.38. The van der Waals surface area contributed by atoms with Crippen LogP contribution in [0.1, 0.15) is 5.56 Å². The summed E-state index contributed by atoms with van der Waals surface area (Å²) in [5, 5.41) is 38.1. The standard InChI is InChI=1S/C14H17NO9/c15-14(21)22-5-6-1-3-7(4-2-6)23-13-10(18)8(16)9(17)11(24-13)12(19)20/h1-4,8-11,13,16-18H,5H2,(H2,15,21)(H,19,20)/t8-,9-,10+,11-,13+/m0/s1. The topological polar surface area (TPSA) is 169 Å². The Morgan fingerprint density at radius 3 is 2.25 bits per heavy atom. The lowest BCUT2D eigenvalue weighted by atomic mass is 9.99. The minimum absolute atomic E-state index is 0.0375. The Hall–Kier alpha value is -2.40. The molecule has 1 aliphatic rings. The lowest BCUT2D eigenvalue weighted by molar-refractivity contribution is -0.271. The highest BCUT2D eigenvalue weighted by Gasteiger charge is 2.48. The van der Waals surface area contributed by atoms with Gasteiger partial charge in [-0.3, -0.25) is 0 Å². The van der Waals surface area contributed by atoms with Gasteiger partial charge in [0, 0.05) is 0 Å². The van der Waals surface area contributed by atoms with Crippen LogP contribution in [0.5, 0.6) is 5.75 Å². The molecule has 2 rings (SSSR count). The summed E-state index contributed by atoms with van der Waals surface area (Å²) in [7, 11) is 0. The summed E-state index contributed by atoms with van der Waals surface area (Å²) in [6.45, 7) is -0.0375. The molecular weight excluding hydrogens is 326 g/mol. The van der Waals surface area contributed by atoms with Crippen molar-refractivity contribution >= 4 is 12.1 Å². The molecule has 0 unspecified atom stereocenters. The van der Waals surface area contributed by atoms with Crippen LogP contribution in [0.15, 0.2) is 24.3 Å². The smallest absolute Gasteiger partial charge is 0.404 e. The highest BCUT2D eigenvalue weighted by molar-refractivity contribution is 5.73. The average Bonchev–Trinajstić information content (AvgIpc) is 2.54. The highest BCUT2D eigenvalue weighted by atomic mass is 16.7. The molecule has 0 saturated carbocycles. The lowest BCUT2D eigenvalue weighted by Crippen LogP contribution is -2.61. The van der Waals surface area contributed by atoms with Gasteiger partial charge in [0.2, 0.25) is 6.29 Å². The largest absolute Gasteiger partial charge is 0.479 e. The van der Waals surface area contributed by atoms with Crippen LogP contribution in [-0.2, 0) is 20.9 Å². The number of carboxylic acid groups (broad SMARTS) is 1. The maximum Gasteiger partial charge on any atom is 0.404 e. The van der Waals surface area contributed by atoms with Gasteiger partial charge in [0.25, 0.3) is 0 Å². The van der Waals surface area contributed by atoms with Crippen LogP contribution >= 0.6 is 0 Å². The van der Waals surface area contributed by atoms with Crippen molar-refractivity contribution in [1.29, 1.82) is 0 Å². The predicted molar refractivity (Wildman–Crippen MR) is 75.8 cm³/mol. The molecule has 1 aliphatic heterocycles. The second-order valence-corrected chi connectivity index (χ2v) is 5.10. The third kappa shape index (κ3) is 4.11. The fourth-order valence-electron chi connectivity index (χ4n) is 2.10. The van der Waals surface area contributed by atoms with E-state index < -0.39 is 42.8 Å². The van der Waals surface area contributed by atoms with Crippen LogP contribution in [0, 0.1) is 0 Å². The second-order valence-electron chi connectivity index (χ2n) is 5.10. The first-order valence-electron chi connectivity index (χ1n) is 6.90. The molecule has 6 N–H and O–H groups in total. The van der Waals surface area contributed by atoms with Gasteiger partial charge in [0.15, 0.2) is 6.10 Å². The molecule has 0 spiro atoms. The fourth-order valence-corrected chi connectivity index (χ4v) is 2.10. The van der Waals surface area contributed by atoms with Gasteiger partial charge in [-0.2, -0.15) is 0 Å². The fraction of sp³-hybridized carbons (Fsp3) is 0.429. The number of rotatable bonds is 5. The van der Waals surface area contributed by atoms with Crippen LogP contribution in [0.2, 0.25) is 0 Å². The Morgan fingerprint density at radius 1 is 1.08 bits per heavy atom. The van der Waals surface area contributed by atoms with Gasteiger partial charge in [0.1, 0.15) is 30.7 Å². The summed E-state index contributed by atoms with van der Waals surface area (Å²) in [4.78, 5) is 21.5. The SMILES string of the molecule is NC(=O)OCc1ccc(O[C@@H]2O[C@H](C(=O)O)[C@@H](O)[C@H](O)[C@H]2O)cc1. The van der Waals surface area contributed by atoms with Crippen LogP contribution in [0.3, 0.4) is 0 Å². The summed E-state index contributed by atoms with van der Waals surface area (Å²) in [5.41, 5.74) is 5.46. The number of hydrogen-bond acceptors (Lipinski definition) is 8. The zero-order valence-electron chi connectivity index (χ0n) is 12.3. The minimum atomic E-state index is -1.79. The third-order valence-electron chi connectivity index (χ3n) is 3.37. The van der Waals surface area contributed by atoms with Crippen molar-refractivity contribution in [1.82, 2.24) is 0 Å². The quantitative estimate of drug-likeness (QED) is 0.429. The van der Waals surface area contributed by atoms with E-state index in [1.54, 1.807) is 12.1 Å². The zero-order valence-corrected chi connectivity index (χ0v) is 12.3. The molecule has 0 aromatic heterocycles. The van der Waals surface area contributed by atoms with E-state index in [9.17, 15) is 24.9 Å². The van der Waals surface area contributed by atoms with Crippen molar-refractivity contribution < 1.29 is 44.2 Å². The van der Waals surface area contributed by atoms with Crippen molar-refractivity contribution in [2.45, 2.75) is 37.3 Å². The van der Waals surface area contributed by atoms with Crippen molar-refractivity contribution in [2.24, 2.45) is 5.73 Å². The molecule has 132 valence electrons. The molecule has 1 saturated heterocycles. The monoisotopic (exact) mass is 343 g/mol. The number of primary amides is 1. The number of aliphatic hydroxyl groups excluding tert-OH is 3. The maximum atomic E-state index is 11.0. The molecule has 0 aliphatic carbocycles. The van der Waals surface area contributed by atoms with Gasteiger partial charge in [-0.1, -0.05) is 12.1 Å². The van der Waals surface area contributed by atoms with Crippen molar-refractivity contribution in [3.05, 3.63) is 29.8 Å². The van der Waals surface area contributed by atoms with E-state index in [1.807, 2.05) is 0 Å². The van der Waals surface area contributed by atoms with E-state index >= 15 is 0 Å². The number of aliphatic hydroxyl groups is 3. The summed E-state index contributed by atoms with van der Waals surface area (Å²) in [6, 6.07) is 6.02. The number of carboxylic acids is 1. The molecule has 24 heavy (non-hydrogen) atoms. The molecule has 10 heteroatoms. The molecule has 0 radical (unpaired) electrons. The number of nitrogens with two attached hydrogens (primary N) is 1. The third-order valence-corrected chi connectivity index (χ3v) is 3.37. The normalized spacial score (nSPS) is 29.7. The summed E-state index contributed by atoms with van der Waals surface area (Å²) >= 11 is 0. The van der Waals surface area contributed by atoms with Gasteiger partial charge in [-0.05, 0) is 17.7 Å². The first kappa shape index (κ1) is 17.9. The number of hydrogen-bond donors (Lipinski definition) is 5. The van der Waals surface area contributed by atoms with Gasteiger partial charge >= 0.3 is 12.1 Å². The van der Waals surface area contributed by atoms with Crippen LogP contribution in [0.4, 0.5) is 4.79 Å². The van der Waals surface area contributed by atoms with Crippen LogP contribution in [-0.4, -0.2) is 63.2 Å². The van der Waals surface area contributed by atoms with Crippen molar-refractivity contribution in [3.8, 4) is 5.75 Å². The molecule has 1 heterocycles. The van der Waals surface area contributed by atoms with E-state index in [0.29, 0.717) is 5.56 Å². The number of amides is 1. The molecule has 1 aromatic carbocycles. The highest BCUT2D eigenvalue weighted by Crippen LogP contribution is 2.24. The van der Waals surface area contributed by atoms with E-state index in [4.69, 9.17) is 20.3 Å². The first-order chi connectivity index (χ1) is 11.3. The molecule has 1 aromatic rings. The van der Waals surface area contributed by atoms with E-state index in [1.165, 1.54) is 12.1 Å². The number of ether oxygens (including phenoxy) is 3. The Bertz CT molecular complexity index is 590. The van der Waals surface area contributed by atoms with Crippen molar-refractivity contribution in [3.63, 3.8) is 0 Å². The molecule has 1 fully saturated rings. The zero-order chi connectivity index (χ0) is 17.9. The predicted octanol–water partition coefficient (Wildman–Crippen LogP) is -1.45. The molecule has 10 nitrogen and oxygen atoms in total. The van der Waals surface area contributed by atoms with E-state index in [0.717, 1.165) is 0 Å².